The van der Waals surface area contributed by atoms with Gasteiger partial charge in [0.25, 0.3) is 5.91 Å². The van der Waals surface area contributed by atoms with Crippen LogP contribution < -0.4 is 26.0 Å². The first-order chi connectivity index (χ1) is 16.9. The molecule has 3 aromatic rings. The molecular weight excluding hydrogens is 448 g/mol. The minimum Gasteiger partial charge on any atom is -0.504 e. The van der Waals surface area contributed by atoms with Crippen LogP contribution in [0.3, 0.4) is 0 Å². The number of para-hydroxylation sites is 1. The van der Waals surface area contributed by atoms with Gasteiger partial charge in [-0.15, -0.1) is 0 Å². The van der Waals surface area contributed by atoms with Crippen molar-refractivity contribution in [2.24, 2.45) is 0 Å². The number of methoxy groups -OCH3 is 1. The maximum atomic E-state index is 12.5. The van der Waals surface area contributed by atoms with Crippen LogP contribution in [0.5, 0.6) is 11.5 Å². The Labute approximate surface area is 204 Å². The van der Waals surface area contributed by atoms with Gasteiger partial charge < -0.3 is 31.1 Å². The van der Waals surface area contributed by atoms with E-state index >= 15 is 0 Å². The standard InChI is InChI=1S/C25H30N6O4/c1-16-22(27-13-12-26-17(2)32)30-24(18-8-5-4-6-9-18)31-23(16)28-14-15-29-25(34)19-10-7-11-20(35-3)21(19)33/h4-11,33H,12-15H2,1-3H3,(H,26,32)(H,29,34)(H2,27,28,30,31). The molecule has 0 saturated carbocycles. The summed E-state index contributed by atoms with van der Waals surface area (Å²) in [5.41, 5.74) is 1.81. The quantitative estimate of drug-likeness (QED) is 0.265. The number of hydrogen-bond donors (Lipinski definition) is 5. The highest BCUT2D eigenvalue weighted by atomic mass is 16.5. The van der Waals surface area contributed by atoms with Crippen molar-refractivity contribution in [1.82, 2.24) is 20.6 Å². The number of carbonyl (C=O) groups is 2. The monoisotopic (exact) mass is 478 g/mol. The van der Waals surface area contributed by atoms with E-state index in [4.69, 9.17) is 4.74 Å². The molecule has 0 saturated heterocycles. The van der Waals surface area contributed by atoms with E-state index in [2.05, 4.69) is 31.2 Å². The van der Waals surface area contributed by atoms with Crippen LogP contribution in [0.1, 0.15) is 22.8 Å². The molecule has 0 aliphatic carbocycles. The minimum atomic E-state index is -0.409. The molecule has 0 unspecified atom stereocenters. The van der Waals surface area contributed by atoms with E-state index in [-0.39, 0.29) is 23.0 Å². The van der Waals surface area contributed by atoms with Crippen LogP contribution in [-0.4, -0.2) is 60.2 Å². The molecule has 10 nitrogen and oxygen atoms in total. The third-order valence-corrected chi connectivity index (χ3v) is 5.14. The number of amides is 2. The highest BCUT2D eigenvalue weighted by Crippen LogP contribution is 2.29. The van der Waals surface area contributed by atoms with Crippen LogP contribution in [0.4, 0.5) is 11.6 Å². The number of phenolic OH excluding ortho intramolecular Hbond substituents is 1. The summed E-state index contributed by atoms with van der Waals surface area (Å²) in [6.07, 6.45) is 0. The van der Waals surface area contributed by atoms with Crippen molar-refractivity contribution in [2.75, 3.05) is 43.9 Å². The topological polar surface area (TPSA) is 138 Å². The molecule has 1 heterocycles. The number of phenols is 1. The predicted octanol–water partition coefficient (Wildman–Crippen LogP) is 2.56. The van der Waals surface area contributed by atoms with E-state index in [0.29, 0.717) is 43.6 Å². The summed E-state index contributed by atoms with van der Waals surface area (Å²) < 4.78 is 5.05. The van der Waals surface area contributed by atoms with Gasteiger partial charge in [0, 0.05) is 44.2 Å². The fourth-order valence-electron chi connectivity index (χ4n) is 3.32. The average molecular weight is 479 g/mol. The number of carbonyl (C=O) groups excluding carboxylic acids is 2. The van der Waals surface area contributed by atoms with Crippen LogP contribution in [0.25, 0.3) is 11.4 Å². The lowest BCUT2D eigenvalue weighted by molar-refractivity contribution is -0.118. The van der Waals surface area contributed by atoms with Gasteiger partial charge >= 0.3 is 0 Å². The molecule has 0 aliphatic rings. The van der Waals surface area contributed by atoms with Crippen LogP contribution >= 0.6 is 0 Å². The summed E-state index contributed by atoms with van der Waals surface area (Å²) in [7, 11) is 1.43. The van der Waals surface area contributed by atoms with Gasteiger partial charge in [-0.2, -0.15) is 0 Å². The largest absolute Gasteiger partial charge is 0.504 e. The Kier molecular flexibility index (Phi) is 8.82. The van der Waals surface area contributed by atoms with Crippen molar-refractivity contribution in [3.05, 3.63) is 59.7 Å². The first-order valence-corrected chi connectivity index (χ1v) is 11.2. The van der Waals surface area contributed by atoms with Gasteiger partial charge in [0.05, 0.1) is 12.7 Å². The van der Waals surface area contributed by atoms with Crippen LogP contribution in [0, 0.1) is 6.92 Å². The number of nitrogens with zero attached hydrogens (tertiary/aromatic N) is 2. The van der Waals surface area contributed by atoms with Crippen molar-refractivity contribution in [3.8, 4) is 22.9 Å². The maximum absolute atomic E-state index is 12.5. The third kappa shape index (κ3) is 6.83. The number of aromatic nitrogens is 2. The molecule has 0 fully saturated rings. The summed E-state index contributed by atoms with van der Waals surface area (Å²) in [6, 6.07) is 14.4. The third-order valence-electron chi connectivity index (χ3n) is 5.14. The lowest BCUT2D eigenvalue weighted by Gasteiger charge is -2.16. The Hall–Kier alpha value is -4.34. The number of aromatic hydroxyl groups is 1. The molecule has 0 radical (unpaired) electrons. The van der Waals surface area contributed by atoms with E-state index in [1.165, 1.54) is 20.1 Å². The maximum Gasteiger partial charge on any atom is 0.255 e. The Morgan fingerprint density at radius 3 is 2.11 bits per heavy atom. The van der Waals surface area contributed by atoms with E-state index in [0.717, 1.165) is 11.1 Å². The zero-order valence-electron chi connectivity index (χ0n) is 20.0. The molecular formula is C25H30N6O4. The summed E-state index contributed by atoms with van der Waals surface area (Å²) in [4.78, 5) is 32.9. The van der Waals surface area contributed by atoms with Gasteiger partial charge in [0.1, 0.15) is 11.6 Å². The Bertz CT molecular complexity index is 1170. The fourth-order valence-corrected chi connectivity index (χ4v) is 3.32. The molecule has 10 heteroatoms. The summed E-state index contributed by atoms with van der Waals surface area (Å²) in [5.74, 6) is 1.35. The number of hydrogen-bond acceptors (Lipinski definition) is 8. The first-order valence-electron chi connectivity index (χ1n) is 11.2. The van der Waals surface area contributed by atoms with Gasteiger partial charge in [0.2, 0.25) is 5.91 Å². The molecule has 3 rings (SSSR count). The van der Waals surface area contributed by atoms with Crippen molar-refractivity contribution in [3.63, 3.8) is 0 Å². The van der Waals surface area contributed by atoms with E-state index in [1.807, 2.05) is 37.3 Å². The second kappa shape index (κ2) is 12.2. The second-order valence-corrected chi connectivity index (χ2v) is 7.68. The van der Waals surface area contributed by atoms with Gasteiger partial charge in [0.15, 0.2) is 17.3 Å². The highest BCUT2D eigenvalue weighted by molar-refractivity contribution is 5.97. The second-order valence-electron chi connectivity index (χ2n) is 7.68. The van der Waals surface area contributed by atoms with Crippen molar-refractivity contribution < 1.29 is 19.4 Å². The molecule has 0 spiro atoms. The number of rotatable bonds is 11. The van der Waals surface area contributed by atoms with E-state index in [1.54, 1.807) is 12.1 Å². The SMILES string of the molecule is COc1cccc(C(=O)NCCNc2nc(-c3ccccc3)nc(NCCNC(C)=O)c2C)c1O. The van der Waals surface area contributed by atoms with Crippen LogP contribution in [0.2, 0.25) is 0 Å². The van der Waals surface area contributed by atoms with Gasteiger partial charge in [-0.1, -0.05) is 36.4 Å². The Morgan fingerprint density at radius 2 is 1.51 bits per heavy atom. The van der Waals surface area contributed by atoms with Gasteiger partial charge in [-0.05, 0) is 19.1 Å². The lowest BCUT2D eigenvalue weighted by atomic mass is 10.1. The molecule has 0 atom stereocenters. The smallest absolute Gasteiger partial charge is 0.255 e. The Balaban J connectivity index is 1.69. The molecule has 2 amide bonds. The minimum absolute atomic E-state index is 0.0946. The molecule has 0 bridgehead atoms. The molecule has 1 aromatic heterocycles. The fraction of sp³-hybridized carbons (Fsp3) is 0.280. The summed E-state index contributed by atoms with van der Waals surface area (Å²) in [6.45, 7) is 5.03. The number of benzene rings is 2. The van der Waals surface area contributed by atoms with Crippen LogP contribution in [-0.2, 0) is 4.79 Å². The number of nitrogens with one attached hydrogen (secondary N) is 4. The van der Waals surface area contributed by atoms with Crippen molar-refractivity contribution >= 4 is 23.5 Å². The van der Waals surface area contributed by atoms with Crippen molar-refractivity contribution in [1.29, 1.82) is 0 Å². The number of ether oxygens (including phenoxy) is 1. The first kappa shape index (κ1) is 25.3. The van der Waals surface area contributed by atoms with Gasteiger partial charge in [-0.3, -0.25) is 9.59 Å². The molecule has 5 N–H and O–H groups in total. The number of anilines is 2. The molecule has 184 valence electrons. The highest BCUT2D eigenvalue weighted by Gasteiger charge is 2.15. The molecule has 2 aromatic carbocycles. The predicted molar refractivity (Wildman–Crippen MR) is 135 cm³/mol. The Morgan fingerprint density at radius 1 is 0.886 bits per heavy atom. The van der Waals surface area contributed by atoms with E-state index in [9.17, 15) is 14.7 Å². The normalized spacial score (nSPS) is 10.4. The lowest BCUT2D eigenvalue weighted by Crippen LogP contribution is -2.29. The van der Waals surface area contributed by atoms with Gasteiger partial charge in [-0.25, -0.2) is 9.97 Å². The zero-order valence-corrected chi connectivity index (χ0v) is 20.0. The van der Waals surface area contributed by atoms with E-state index < -0.39 is 5.91 Å². The van der Waals surface area contributed by atoms with Crippen molar-refractivity contribution in [2.45, 2.75) is 13.8 Å². The molecule has 0 aliphatic heterocycles. The summed E-state index contributed by atoms with van der Waals surface area (Å²) >= 11 is 0. The molecule has 35 heavy (non-hydrogen) atoms. The van der Waals surface area contributed by atoms with Crippen LogP contribution in [0.15, 0.2) is 48.5 Å². The zero-order chi connectivity index (χ0) is 25.2. The average Bonchev–Trinajstić information content (AvgIpc) is 2.86. The summed E-state index contributed by atoms with van der Waals surface area (Å²) in [5, 5.41) is 22.2.